The molecule has 0 aliphatic carbocycles. The number of benzene rings is 1. The molecule has 0 radical (unpaired) electrons. The van der Waals surface area contributed by atoms with E-state index in [-0.39, 0.29) is 11.4 Å². The minimum Gasteiger partial charge on any atom is -0.503 e. The number of rotatable bonds is 12. The van der Waals surface area contributed by atoms with E-state index in [9.17, 15) is 14.7 Å². The van der Waals surface area contributed by atoms with Gasteiger partial charge >= 0.3 is 0 Å². The third-order valence-corrected chi connectivity index (χ3v) is 6.58. The lowest BCUT2D eigenvalue weighted by atomic mass is 9.95. The van der Waals surface area contributed by atoms with Crippen LogP contribution in [-0.4, -0.2) is 51.0 Å². The molecule has 4 rings (SSSR count). The van der Waals surface area contributed by atoms with Crippen LogP contribution in [-0.2, 0) is 11.3 Å². The van der Waals surface area contributed by atoms with E-state index in [4.69, 9.17) is 9.47 Å². The Bertz CT molecular complexity index is 1190. The van der Waals surface area contributed by atoms with Gasteiger partial charge in [0.15, 0.2) is 17.3 Å². The van der Waals surface area contributed by atoms with Crippen molar-refractivity contribution in [2.45, 2.75) is 39.3 Å². The van der Waals surface area contributed by atoms with E-state index in [0.29, 0.717) is 54.7 Å². The van der Waals surface area contributed by atoms with Gasteiger partial charge in [-0.2, -0.15) is 0 Å². The van der Waals surface area contributed by atoms with Crippen LogP contribution in [0.3, 0.4) is 0 Å². The number of hydrogen-bond donors (Lipinski definition) is 1. The van der Waals surface area contributed by atoms with Crippen LogP contribution in [0.5, 0.6) is 11.5 Å². The van der Waals surface area contributed by atoms with E-state index in [0.717, 1.165) is 6.42 Å². The molecule has 1 aliphatic rings. The predicted molar refractivity (Wildman–Crippen MR) is 133 cm³/mol. The van der Waals surface area contributed by atoms with Crippen molar-refractivity contribution in [3.05, 3.63) is 76.2 Å². The number of thiophene rings is 1. The molecule has 1 N–H and O–H groups in total. The smallest absolute Gasteiger partial charge is 0.290 e. The summed E-state index contributed by atoms with van der Waals surface area (Å²) in [4.78, 5) is 32.7. The molecule has 0 saturated carbocycles. The van der Waals surface area contributed by atoms with Gasteiger partial charge in [-0.15, -0.1) is 11.3 Å². The Morgan fingerprint density at radius 3 is 2.71 bits per heavy atom. The molecule has 3 heterocycles. The molecule has 9 heteroatoms. The number of amides is 1. The Hall–Kier alpha value is -3.59. The molecule has 1 atom stereocenters. The lowest BCUT2D eigenvalue weighted by molar-refractivity contribution is -0.129. The minimum absolute atomic E-state index is 0.0877. The van der Waals surface area contributed by atoms with Crippen molar-refractivity contribution >= 4 is 23.0 Å². The molecule has 0 spiro atoms. The highest BCUT2D eigenvalue weighted by Crippen LogP contribution is 2.42. The number of Topliss-reactive ketones (excluding diaryl/α,β-unsaturated/α-hetero) is 1. The van der Waals surface area contributed by atoms with Crippen molar-refractivity contribution < 1.29 is 24.2 Å². The van der Waals surface area contributed by atoms with E-state index < -0.39 is 17.7 Å². The van der Waals surface area contributed by atoms with Crippen LogP contribution in [0.1, 0.15) is 48.0 Å². The number of hydrogen-bond acceptors (Lipinski definition) is 7. The van der Waals surface area contributed by atoms with Gasteiger partial charge in [-0.25, -0.2) is 4.98 Å². The van der Waals surface area contributed by atoms with Crippen LogP contribution in [0.4, 0.5) is 0 Å². The van der Waals surface area contributed by atoms with Gasteiger partial charge in [0.2, 0.25) is 5.78 Å². The van der Waals surface area contributed by atoms with Crippen molar-refractivity contribution in [1.29, 1.82) is 0 Å². The average molecular weight is 496 g/mol. The number of carbonyl (C=O) groups excluding carboxylic acids is 2. The summed E-state index contributed by atoms with van der Waals surface area (Å²) in [6.07, 6.45) is 6.75. The van der Waals surface area contributed by atoms with Gasteiger partial charge in [-0.05, 0) is 48.9 Å². The number of aliphatic hydroxyl groups excluding tert-OH is 1. The summed E-state index contributed by atoms with van der Waals surface area (Å²) in [7, 11) is 0. The standard InChI is InChI=1S/C26H29N3O5S/c1-3-14-34-19-9-8-18(16-20(19)33-4-2)23-22(24(30)21-7-5-15-35-21)25(31)26(32)29(23)12-6-11-28-13-10-27-17-28/h5,7-10,13,15-17,23,31H,3-4,6,11-12,14H2,1-2H3/t23-/m1/s1. The van der Waals surface area contributed by atoms with Gasteiger partial charge in [-0.3, -0.25) is 9.59 Å². The number of aromatic nitrogens is 2. The molecule has 2 aromatic heterocycles. The van der Waals surface area contributed by atoms with Crippen LogP contribution in [0.15, 0.2) is 65.8 Å². The quantitative estimate of drug-likeness (QED) is 0.363. The molecule has 0 saturated heterocycles. The SMILES string of the molecule is CCCOc1ccc([C@@H]2C(C(=O)c3cccs3)=C(O)C(=O)N2CCCn2ccnc2)cc1OCC. The maximum Gasteiger partial charge on any atom is 0.290 e. The largest absolute Gasteiger partial charge is 0.503 e. The zero-order chi connectivity index (χ0) is 24.8. The lowest BCUT2D eigenvalue weighted by Gasteiger charge is -2.27. The highest BCUT2D eigenvalue weighted by molar-refractivity contribution is 7.12. The van der Waals surface area contributed by atoms with Crippen LogP contribution < -0.4 is 9.47 Å². The van der Waals surface area contributed by atoms with E-state index in [2.05, 4.69) is 4.98 Å². The van der Waals surface area contributed by atoms with Crippen LogP contribution in [0, 0.1) is 0 Å². The second-order valence-corrected chi connectivity index (χ2v) is 9.06. The molecule has 3 aromatic rings. The highest BCUT2D eigenvalue weighted by Gasteiger charge is 2.44. The topological polar surface area (TPSA) is 93.9 Å². The van der Waals surface area contributed by atoms with E-state index in [1.54, 1.807) is 47.1 Å². The molecule has 0 bridgehead atoms. The van der Waals surface area contributed by atoms with Gasteiger partial charge in [0.25, 0.3) is 5.91 Å². The lowest BCUT2D eigenvalue weighted by Crippen LogP contribution is -2.32. The van der Waals surface area contributed by atoms with Crippen molar-refractivity contribution in [3.63, 3.8) is 0 Å². The number of imidazole rings is 1. The third kappa shape index (κ3) is 5.24. The fraction of sp³-hybridized carbons (Fsp3) is 0.346. The van der Waals surface area contributed by atoms with Crippen molar-refractivity contribution in [3.8, 4) is 11.5 Å². The summed E-state index contributed by atoms with van der Waals surface area (Å²) in [6.45, 7) is 5.90. The van der Waals surface area contributed by atoms with Crippen LogP contribution in [0.2, 0.25) is 0 Å². The maximum atomic E-state index is 13.4. The highest BCUT2D eigenvalue weighted by atomic mass is 32.1. The minimum atomic E-state index is -0.737. The first kappa shape index (κ1) is 24.5. The Morgan fingerprint density at radius 1 is 1.17 bits per heavy atom. The second-order valence-electron chi connectivity index (χ2n) is 8.11. The van der Waals surface area contributed by atoms with Crippen molar-refractivity contribution in [1.82, 2.24) is 14.5 Å². The molecule has 1 amide bonds. The Morgan fingerprint density at radius 2 is 2.03 bits per heavy atom. The Balaban J connectivity index is 1.70. The summed E-state index contributed by atoms with van der Waals surface area (Å²) in [5.74, 6) is -0.256. The van der Waals surface area contributed by atoms with Crippen molar-refractivity contribution in [2.75, 3.05) is 19.8 Å². The van der Waals surface area contributed by atoms with Gasteiger partial charge in [0.05, 0.1) is 36.0 Å². The second kappa shape index (κ2) is 11.2. The molecule has 184 valence electrons. The first-order chi connectivity index (χ1) is 17.0. The third-order valence-electron chi connectivity index (χ3n) is 5.71. The summed E-state index contributed by atoms with van der Waals surface area (Å²) in [5, 5.41) is 12.7. The molecular weight excluding hydrogens is 466 g/mol. The number of nitrogens with zero attached hydrogens (tertiary/aromatic N) is 3. The summed E-state index contributed by atoms with van der Waals surface area (Å²) in [6, 6.07) is 8.16. The monoisotopic (exact) mass is 495 g/mol. The first-order valence-corrected chi connectivity index (χ1v) is 12.6. The number of ether oxygens (including phenoxy) is 2. The fourth-order valence-corrected chi connectivity index (χ4v) is 4.82. The summed E-state index contributed by atoms with van der Waals surface area (Å²) < 4.78 is 13.6. The number of aryl methyl sites for hydroxylation is 1. The van der Waals surface area contributed by atoms with Gasteiger partial charge in [0.1, 0.15) is 0 Å². The average Bonchev–Trinajstić information content (AvgIpc) is 3.62. The van der Waals surface area contributed by atoms with Gasteiger partial charge in [-0.1, -0.05) is 19.1 Å². The zero-order valence-corrected chi connectivity index (χ0v) is 20.7. The number of ketones is 1. The fourth-order valence-electron chi connectivity index (χ4n) is 4.14. The first-order valence-electron chi connectivity index (χ1n) is 11.7. The van der Waals surface area contributed by atoms with Crippen molar-refractivity contribution in [2.24, 2.45) is 0 Å². The molecule has 1 aliphatic heterocycles. The summed E-state index contributed by atoms with van der Waals surface area (Å²) in [5.41, 5.74) is 0.766. The summed E-state index contributed by atoms with van der Waals surface area (Å²) >= 11 is 1.28. The normalized spacial score (nSPS) is 15.7. The predicted octanol–water partition coefficient (Wildman–Crippen LogP) is 4.80. The van der Waals surface area contributed by atoms with E-state index in [1.807, 2.05) is 30.7 Å². The molecule has 0 fully saturated rings. The molecule has 8 nitrogen and oxygen atoms in total. The van der Waals surface area contributed by atoms with Crippen LogP contribution in [0.25, 0.3) is 0 Å². The van der Waals surface area contributed by atoms with E-state index in [1.165, 1.54) is 11.3 Å². The van der Waals surface area contributed by atoms with Crippen LogP contribution >= 0.6 is 11.3 Å². The Kier molecular flexibility index (Phi) is 7.87. The molecular formula is C26H29N3O5S. The maximum absolute atomic E-state index is 13.4. The Labute approximate surface area is 208 Å². The van der Waals surface area contributed by atoms with Gasteiger partial charge in [0, 0.05) is 25.5 Å². The van der Waals surface area contributed by atoms with Gasteiger partial charge < -0.3 is 24.0 Å². The number of carbonyl (C=O) groups is 2. The molecule has 1 aromatic carbocycles. The zero-order valence-electron chi connectivity index (χ0n) is 19.8. The molecule has 35 heavy (non-hydrogen) atoms. The van der Waals surface area contributed by atoms with E-state index >= 15 is 0 Å². The molecule has 0 unspecified atom stereocenters. The number of aliphatic hydroxyl groups is 1.